The molecule has 2 rings (SSSR count). The molecule has 0 aromatic carbocycles. The summed E-state index contributed by atoms with van der Waals surface area (Å²) in [6, 6.07) is 1.70. The fraction of sp³-hybridized carbons (Fsp3) is 0.385. The van der Waals surface area contributed by atoms with Gasteiger partial charge in [0.2, 0.25) is 0 Å². The van der Waals surface area contributed by atoms with Gasteiger partial charge < -0.3 is 10.5 Å². The van der Waals surface area contributed by atoms with Crippen molar-refractivity contribution in [2.45, 2.75) is 19.4 Å². The number of nitrogens with zero attached hydrogens (tertiary/aromatic N) is 3. The van der Waals surface area contributed by atoms with Crippen LogP contribution in [0.3, 0.4) is 0 Å². The Balaban J connectivity index is 2.47. The molecule has 0 aliphatic rings. The Hall–Kier alpha value is -1.88. The van der Waals surface area contributed by atoms with Gasteiger partial charge in [0, 0.05) is 19.4 Å². The first-order chi connectivity index (χ1) is 8.69. The highest BCUT2D eigenvalue weighted by molar-refractivity contribution is 5.38. The van der Waals surface area contributed by atoms with Gasteiger partial charge in [0.15, 0.2) is 5.75 Å². The van der Waals surface area contributed by atoms with Crippen LogP contribution in [-0.2, 0) is 13.5 Å². The summed E-state index contributed by atoms with van der Waals surface area (Å²) in [5, 5.41) is 4.19. The number of rotatable bonds is 4. The van der Waals surface area contributed by atoms with Crippen molar-refractivity contribution in [3.8, 4) is 5.75 Å². The van der Waals surface area contributed by atoms with Gasteiger partial charge in [-0.05, 0) is 23.6 Å². The molecule has 0 spiro atoms. The summed E-state index contributed by atoms with van der Waals surface area (Å²) in [6.45, 7) is 2.09. The largest absolute Gasteiger partial charge is 0.493 e. The van der Waals surface area contributed by atoms with Gasteiger partial charge in [-0.3, -0.25) is 9.67 Å². The fourth-order valence-electron chi connectivity index (χ4n) is 2.12. The van der Waals surface area contributed by atoms with Gasteiger partial charge in [-0.2, -0.15) is 5.10 Å². The molecule has 2 aromatic rings. The van der Waals surface area contributed by atoms with Crippen molar-refractivity contribution in [3.05, 3.63) is 41.5 Å². The number of methoxy groups -OCH3 is 1. The van der Waals surface area contributed by atoms with Crippen LogP contribution in [-0.4, -0.2) is 21.9 Å². The maximum Gasteiger partial charge on any atom is 0.161 e. The average molecular weight is 246 g/mol. The first-order valence-electron chi connectivity index (χ1n) is 5.93. The normalized spacial score (nSPS) is 12.4. The van der Waals surface area contributed by atoms with E-state index >= 15 is 0 Å². The molecule has 2 N–H and O–H groups in total. The van der Waals surface area contributed by atoms with Crippen molar-refractivity contribution in [2.75, 3.05) is 7.11 Å². The second-order valence-corrected chi connectivity index (χ2v) is 4.13. The van der Waals surface area contributed by atoms with E-state index in [0.717, 1.165) is 23.2 Å². The lowest BCUT2D eigenvalue weighted by Crippen LogP contribution is -2.18. The molecule has 18 heavy (non-hydrogen) atoms. The van der Waals surface area contributed by atoms with Crippen LogP contribution in [0.25, 0.3) is 0 Å². The smallest absolute Gasteiger partial charge is 0.161 e. The van der Waals surface area contributed by atoms with E-state index in [1.54, 1.807) is 24.2 Å². The van der Waals surface area contributed by atoms with Gasteiger partial charge in [0.05, 0.1) is 19.3 Å². The van der Waals surface area contributed by atoms with Crippen LogP contribution in [0.15, 0.2) is 24.7 Å². The van der Waals surface area contributed by atoms with Gasteiger partial charge in [-0.25, -0.2) is 0 Å². The quantitative estimate of drug-likeness (QED) is 0.886. The van der Waals surface area contributed by atoms with Gasteiger partial charge in [0.1, 0.15) is 5.69 Å². The number of hydrogen-bond donors (Lipinski definition) is 1. The summed E-state index contributed by atoms with van der Waals surface area (Å²) in [4.78, 5) is 4.14. The lowest BCUT2D eigenvalue weighted by Gasteiger charge is -2.17. The van der Waals surface area contributed by atoms with Gasteiger partial charge >= 0.3 is 0 Å². The Morgan fingerprint density at radius 1 is 1.44 bits per heavy atom. The van der Waals surface area contributed by atoms with E-state index in [2.05, 4.69) is 17.0 Å². The molecular formula is C13H18N4O. The van der Waals surface area contributed by atoms with Crippen molar-refractivity contribution in [3.63, 3.8) is 0 Å². The third-order valence-corrected chi connectivity index (χ3v) is 3.12. The van der Waals surface area contributed by atoms with Crippen molar-refractivity contribution in [1.82, 2.24) is 14.8 Å². The highest BCUT2D eigenvalue weighted by Gasteiger charge is 2.20. The summed E-state index contributed by atoms with van der Waals surface area (Å²) < 4.78 is 7.06. The Labute approximate surface area is 107 Å². The summed E-state index contributed by atoms with van der Waals surface area (Å²) in [5.41, 5.74) is 9.43. The molecule has 0 fully saturated rings. The zero-order valence-electron chi connectivity index (χ0n) is 10.9. The lowest BCUT2D eigenvalue weighted by atomic mass is 9.99. The van der Waals surface area contributed by atoms with Crippen LogP contribution in [0.2, 0.25) is 0 Å². The molecule has 0 radical (unpaired) electrons. The standard InChI is InChI=1S/C13H18N4O/c1-4-9-7-15-6-5-10(9)12(14)13-11(18-3)8-16-17(13)2/h5-8,12H,4,14H2,1-3H3. The van der Waals surface area contributed by atoms with E-state index in [9.17, 15) is 0 Å². The topological polar surface area (TPSA) is 66.0 Å². The van der Waals surface area contributed by atoms with Gasteiger partial charge in [0.25, 0.3) is 0 Å². The summed E-state index contributed by atoms with van der Waals surface area (Å²) in [7, 11) is 3.49. The van der Waals surface area contributed by atoms with Crippen molar-refractivity contribution in [2.24, 2.45) is 12.8 Å². The van der Waals surface area contributed by atoms with Crippen LogP contribution in [0.4, 0.5) is 0 Å². The second-order valence-electron chi connectivity index (χ2n) is 4.13. The van der Waals surface area contributed by atoms with E-state index in [1.807, 2.05) is 19.3 Å². The number of hydrogen-bond acceptors (Lipinski definition) is 4. The monoisotopic (exact) mass is 246 g/mol. The number of aromatic nitrogens is 3. The number of nitrogens with two attached hydrogens (primary N) is 1. The van der Waals surface area contributed by atoms with E-state index in [-0.39, 0.29) is 6.04 Å². The first kappa shape index (κ1) is 12.6. The molecule has 2 heterocycles. The molecule has 5 heteroatoms. The van der Waals surface area contributed by atoms with Gasteiger partial charge in [-0.15, -0.1) is 0 Å². The average Bonchev–Trinajstić information content (AvgIpc) is 2.79. The zero-order valence-corrected chi connectivity index (χ0v) is 10.9. The van der Waals surface area contributed by atoms with Crippen LogP contribution in [0, 0.1) is 0 Å². The summed E-state index contributed by atoms with van der Waals surface area (Å²) in [5.74, 6) is 0.712. The van der Waals surface area contributed by atoms with E-state index < -0.39 is 0 Å². The zero-order chi connectivity index (χ0) is 13.1. The minimum absolute atomic E-state index is 0.259. The van der Waals surface area contributed by atoms with Crippen molar-refractivity contribution < 1.29 is 4.74 Å². The molecule has 96 valence electrons. The maximum absolute atomic E-state index is 6.35. The SMILES string of the molecule is CCc1cnccc1C(N)c1c(OC)cnn1C. The van der Waals surface area contributed by atoms with Crippen LogP contribution in [0.1, 0.15) is 29.8 Å². The molecular weight excluding hydrogens is 228 g/mol. The highest BCUT2D eigenvalue weighted by Crippen LogP contribution is 2.29. The first-order valence-corrected chi connectivity index (χ1v) is 5.93. The lowest BCUT2D eigenvalue weighted by molar-refractivity contribution is 0.406. The second kappa shape index (κ2) is 5.18. The number of aryl methyl sites for hydroxylation is 2. The predicted molar refractivity (Wildman–Crippen MR) is 69.4 cm³/mol. The Kier molecular flexibility index (Phi) is 3.62. The third kappa shape index (κ3) is 2.09. The molecule has 0 saturated heterocycles. The maximum atomic E-state index is 6.35. The molecule has 0 aliphatic heterocycles. The summed E-state index contributed by atoms with van der Waals surface area (Å²) in [6.07, 6.45) is 6.20. The molecule has 1 unspecified atom stereocenters. The van der Waals surface area contributed by atoms with Crippen molar-refractivity contribution >= 4 is 0 Å². The van der Waals surface area contributed by atoms with Crippen LogP contribution < -0.4 is 10.5 Å². The van der Waals surface area contributed by atoms with Gasteiger partial charge in [-0.1, -0.05) is 6.92 Å². The van der Waals surface area contributed by atoms with E-state index in [1.165, 1.54) is 0 Å². The molecule has 0 bridgehead atoms. The minimum Gasteiger partial charge on any atom is -0.493 e. The van der Waals surface area contributed by atoms with E-state index in [4.69, 9.17) is 10.5 Å². The molecule has 1 atom stereocenters. The van der Waals surface area contributed by atoms with Crippen LogP contribution >= 0.6 is 0 Å². The third-order valence-electron chi connectivity index (χ3n) is 3.12. The fourth-order valence-corrected chi connectivity index (χ4v) is 2.12. The number of pyridine rings is 1. The predicted octanol–water partition coefficient (Wildman–Crippen LogP) is 1.43. The Bertz CT molecular complexity index is 536. The van der Waals surface area contributed by atoms with Crippen molar-refractivity contribution in [1.29, 1.82) is 0 Å². The number of ether oxygens (including phenoxy) is 1. The summed E-state index contributed by atoms with van der Waals surface area (Å²) >= 11 is 0. The Morgan fingerprint density at radius 3 is 2.89 bits per heavy atom. The molecule has 5 nitrogen and oxygen atoms in total. The Morgan fingerprint density at radius 2 is 2.22 bits per heavy atom. The molecule has 0 saturated carbocycles. The molecule has 0 aliphatic carbocycles. The van der Waals surface area contributed by atoms with E-state index in [0.29, 0.717) is 5.75 Å². The highest BCUT2D eigenvalue weighted by atomic mass is 16.5. The minimum atomic E-state index is -0.259. The van der Waals surface area contributed by atoms with Crippen LogP contribution in [0.5, 0.6) is 5.75 Å². The molecule has 0 amide bonds. The molecule has 2 aromatic heterocycles.